The van der Waals surface area contributed by atoms with Crippen molar-refractivity contribution in [3.05, 3.63) is 53.8 Å². The topological polar surface area (TPSA) is 50.9 Å². The molecule has 0 aliphatic heterocycles. The highest BCUT2D eigenvalue weighted by molar-refractivity contribution is 7.22. The fraction of sp³-hybridized carbons (Fsp3) is 0.133. The molecule has 3 N–H and O–H groups in total. The Hall–Kier alpha value is -2.14. The van der Waals surface area contributed by atoms with Crippen LogP contribution >= 0.6 is 11.3 Å². The SMILES string of the molecule is CC(Nc1nc2ccc(N)cc2s1)c1ccccc1F. The number of nitrogens with zero attached hydrogens (tertiary/aromatic N) is 1. The van der Waals surface area contributed by atoms with Gasteiger partial charge in [-0.25, -0.2) is 9.37 Å². The molecule has 0 aliphatic rings. The largest absolute Gasteiger partial charge is 0.399 e. The number of rotatable bonds is 3. The lowest BCUT2D eigenvalue weighted by molar-refractivity contribution is 0.600. The summed E-state index contributed by atoms with van der Waals surface area (Å²) in [5.74, 6) is -0.210. The van der Waals surface area contributed by atoms with Crippen LogP contribution in [0.25, 0.3) is 10.2 Å². The van der Waals surface area contributed by atoms with Crippen molar-refractivity contribution in [2.45, 2.75) is 13.0 Å². The Morgan fingerprint density at radius 3 is 2.85 bits per heavy atom. The van der Waals surface area contributed by atoms with Crippen molar-refractivity contribution in [1.82, 2.24) is 4.98 Å². The summed E-state index contributed by atoms with van der Waals surface area (Å²) >= 11 is 1.52. The highest BCUT2D eigenvalue weighted by Gasteiger charge is 2.12. The van der Waals surface area contributed by atoms with Crippen LogP contribution in [0, 0.1) is 5.82 Å². The molecular weight excluding hydrogens is 273 g/mol. The number of nitrogens with two attached hydrogens (primary N) is 1. The number of hydrogen-bond acceptors (Lipinski definition) is 4. The third kappa shape index (κ3) is 2.44. The van der Waals surface area contributed by atoms with Gasteiger partial charge in [0, 0.05) is 11.3 Å². The van der Waals surface area contributed by atoms with Crippen LogP contribution in [0.3, 0.4) is 0 Å². The van der Waals surface area contributed by atoms with Crippen molar-refractivity contribution >= 4 is 32.4 Å². The number of nitrogens with one attached hydrogen (secondary N) is 1. The first-order valence-corrected chi connectivity index (χ1v) is 7.12. The zero-order valence-corrected chi connectivity index (χ0v) is 11.7. The number of fused-ring (bicyclic) bond motifs is 1. The summed E-state index contributed by atoms with van der Waals surface area (Å²) in [6.07, 6.45) is 0. The van der Waals surface area contributed by atoms with Crippen molar-refractivity contribution in [1.29, 1.82) is 0 Å². The third-order valence-corrected chi connectivity index (χ3v) is 4.07. The van der Waals surface area contributed by atoms with E-state index in [0.29, 0.717) is 5.56 Å². The first-order valence-electron chi connectivity index (χ1n) is 6.30. The molecule has 3 aromatic rings. The summed E-state index contributed by atoms with van der Waals surface area (Å²) in [5.41, 5.74) is 8.00. The maximum atomic E-state index is 13.7. The van der Waals surface area contributed by atoms with Gasteiger partial charge in [-0.1, -0.05) is 29.5 Å². The Morgan fingerprint density at radius 1 is 1.25 bits per heavy atom. The molecule has 1 atom stereocenters. The van der Waals surface area contributed by atoms with Crippen LogP contribution in [-0.2, 0) is 0 Å². The molecule has 0 amide bonds. The molecule has 1 heterocycles. The molecule has 2 aromatic carbocycles. The molecule has 0 spiro atoms. The maximum absolute atomic E-state index is 13.7. The number of benzene rings is 2. The number of thiazole rings is 1. The fourth-order valence-corrected chi connectivity index (χ4v) is 3.09. The molecular formula is C15H14FN3S. The van der Waals surface area contributed by atoms with E-state index in [-0.39, 0.29) is 11.9 Å². The van der Waals surface area contributed by atoms with Gasteiger partial charge in [0.05, 0.1) is 16.3 Å². The van der Waals surface area contributed by atoms with Gasteiger partial charge in [0.25, 0.3) is 0 Å². The fourth-order valence-electron chi connectivity index (χ4n) is 2.09. The van der Waals surface area contributed by atoms with Gasteiger partial charge >= 0.3 is 0 Å². The minimum atomic E-state index is -0.210. The van der Waals surface area contributed by atoms with E-state index in [1.165, 1.54) is 17.4 Å². The second kappa shape index (κ2) is 5.09. The standard InChI is InChI=1S/C15H14FN3S/c1-9(11-4-2-3-5-12(11)16)18-15-19-13-7-6-10(17)8-14(13)20-15/h2-9H,17H2,1H3,(H,18,19). The molecule has 3 nitrogen and oxygen atoms in total. The zero-order chi connectivity index (χ0) is 14.1. The molecule has 3 rings (SSSR count). The Kier molecular flexibility index (Phi) is 3.28. The molecule has 0 radical (unpaired) electrons. The summed E-state index contributed by atoms with van der Waals surface area (Å²) in [7, 11) is 0. The molecule has 1 unspecified atom stereocenters. The van der Waals surface area contributed by atoms with E-state index in [9.17, 15) is 4.39 Å². The molecule has 0 bridgehead atoms. The average Bonchev–Trinajstić information content (AvgIpc) is 2.80. The van der Waals surface area contributed by atoms with Crippen molar-refractivity contribution in [3.63, 3.8) is 0 Å². The van der Waals surface area contributed by atoms with E-state index in [2.05, 4.69) is 10.3 Å². The lowest BCUT2D eigenvalue weighted by Gasteiger charge is -2.13. The average molecular weight is 287 g/mol. The number of anilines is 2. The minimum Gasteiger partial charge on any atom is -0.399 e. The van der Waals surface area contributed by atoms with E-state index in [0.717, 1.165) is 21.0 Å². The van der Waals surface area contributed by atoms with Gasteiger partial charge in [0.2, 0.25) is 0 Å². The Bertz CT molecular complexity index is 754. The van der Waals surface area contributed by atoms with E-state index in [4.69, 9.17) is 5.73 Å². The molecule has 0 aliphatic carbocycles. The third-order valence-electron chi connectivity index (χ3n) is 3.12. The van der Waals surface area contributed by atoms with Crippen LogP contribution in [0.5, 0.6) is 0 Å². The first-order chi connectivity index (χ1) is 9.63. The summed E-state index contributed by atoms with van der Waals surface area (Å²) in [6, 6.07) is 12.2. The van der Waals surface area contributed by atoms with Gasteiger partial charge in [0.1, 0.15) is 5.82 Å². The molecule has 5 heteroatoms. The smallest absolute Gasteiger partial charge is 0.184 e. The van der Waals surface area contributed by atoms with Crippen LogP contribution in [0.15, 0.2) is 42.5 Å². The Morgan fingerprint density at radius 2 is 2.05 bits per heavy atom. The quantitative estimate of drug-likeness (QED) is 0.710. The highest BCUT2D eigenvalue weighted by atomic mass is 32.1. The highest BCUT2D eigenvalue weighted by Crippen LogP contribution is 2.30. The minimum absolute atomic E-state index is 0.144. The molecule has 102 valence electrons. The Balaban J connectivity index is 1.87. The van der Waals surface area contributed by atoms with E-state index >= 15 is 0 Å². The van der Waals surface area contributed by atoms with Gasteiger partial charge in [-0.3, -0.25) is 0 Å². The van der Waals surface area contributed by atoms with E-state index in [1.54, 1.807) is 12.1 Å². The predicted molar refractivity (Wildman–Crippen MR) is 82.5 cm³/mol. The van der Waals surface area contributed by atoms with Gasteiger partial charge in [0.15, 0.2) is 5.13 Å². The number of nitrogen functional groups attached to an aromatic ring is 1. The van der Waals surface area contributed by atoms with Gasteiger partial charge in [-0.05, 0) is 31.2 Å². The summed E-state index contributed by atoms with van der Waals surface area (Å²) < 4.78 is 14.7. The summed E-state index contributed by atoms with van der Waals surface area (Å²) in [6.45, 7) is 1.92. The van der Waals surface area contributed by atoms with Gasteiger partial charge in [-0.15, -0.1) is 0 Å². The second-order valence-corrected chi connectivity index (χ2v) is 5.66. The number of halogens is 1. The molecule has 1 aromatic heterocycles. The second-order valence-electron chi connectivity index (χ2n) is 4.63. The van der Waals surface area contributed by atoms with Gasteiger partial charge in [-0.2, -0.15) is 0 Å². The zero-order valence-electron chi connectivity index (χ0n) is 10.9. The van der Waals surface area contributed by atoms with E-state index < -0.39 is 0 Å². The lowest BCUT2D eigenvalue weighted by atomic mass is 10.1. The van der Waals surface area contributed by atoms with Gasteiger partial charge < -0.3 is 11.1 Å². The maximum Gasteiger partial charge on any atom is 0.184 e. The molecule has 0 saturated heterocycles. The van der Waals surface area contributed by atoms with Crippen molar-refractivity contribution in [2.24, 2.45) is 0 Å². The van der Waals surface area contributed by atoms with Crippen LogP contribution < -0.4 is 11.1 Å². The van der Waals surface area contributed by atoms with Crippen LogP contribution in [0.2, 0.25) is 0 Å². The summed E-state index contributed by atoms with van der Waals surface area (Å²) in [5, 5.41) is 4.00. The normalized spacial score (nSPS) is 12.5. The van der Waals surface area contributed by atoms with Crippen molar-refractivity contribution in [2.75, 3.05) is 11.1 Å². The van der Waals surface area contributed by atoms with Crippen molar-refractivity contribution < 1.29 is 4.39 Å². The van der Waals surface area contributed by atoms with Crippen LogP contribution in [0.1, 0.15) is 18.5 Å². The number of hydrogen-bond donors (Lipinski definition) is 2. The predicted octanol–water partition coefficient (Wildman–Crippen LogP) is 4.19. The van der Waals surface area contributed by atoms with E-state index in [1.807, 2.05) is 31.2 Å². The summed E-state index contributed by atoms with van der Waals surface area (Å²) in [4.78, 5) is 4.48. The molecule has 20 heavy (non-hydrogen) atoms. The lowest BCUT2D eigenvalue weighted by Crippen LogP contribution is -2.08. The van der Waals surface area contributed by atoms with Crippen LogP contribution in [0.4, 0.5) is 15.2 Å². The Labute approximate surface area is 120 Å². The monoisotopic (exact) mass is 287 g/mol. The molecule has 0 saturated carbocycles. The molecule has 0 fully saturated rings. The number of aromatic nitrogens is 1. The van der Waals surface area contributed by atoms with Crippen molar-refractivity contribution in [3.8, 4) is 0 Å². The first kappa shape index (κ1) is 12.9. The van der Waals surface area contributed by atoms with Crippen LogP contribution in [-0.4, -0.2) is 4.98 Å².